The van der Waals surface area contributed by atoms with Gasteiger partial charge in [-0.1, -0.05) is 34.1 Å². The van der Waals surface area contributed by atoms with Crippen molar-refractivity contribution >= 4 is 34.2 Å². The van der Waals surface area contributed by atoms with Crippen LogP contribution in [0.15, 0.2) is 28.7 Å². The second-order valence-corrected chi connectivity index (χ2v) is 5.23. The molecule has 1 amide bonds. The number of carbonyl (C=O) groups excluding carboxylic acids is 1. The van der Waals surface area contributed by atoms with E-state index in [1.54, 1.807) is 0 Å². The molecule has 5 heteroatoms. The Balaban J connectivity index is 0.00000162. The van der Waals surface area contributed by atoms with Gasteiger partial charge in [-0.3, -0.25) is 4.79 Å². The molecule has 1 heterocycles. The van der Waals surface area contributed by atoms with E-state index in [4.69, 9.17) is 0 Å². The maximum absolute atomic E-state index is 11.9. The number of rotatable bonds is 3. The molecule has 0 bridgehead atoms. The van der Waals surface area contributed by atoms with Gasteiger partial charge in [0, 0.05) is 17.1 Å². The van der Waals surface area contributed by atoms with Gasteiger partial charge in [0.15, 0.2) is 0 Å². The maximum Gasteiger partial charge on any atom is 0.224 e. The number of nitrogens with one attached hydrogen (secondary N) is 2. The summed E-state index contributed by atoms with van der Waals surface area (Å²) >= 11 is 3.46. The van der Waals surface area contributed by atoms with Crippen LogP contribution in [0, 0.1) is 0 Å². The average molecular weight is 334 g/mol. The van der Waals surface area contributed by atoms with Crippen LogP contribution in [0.1, 0.15) is 18.4 Å². The zero-order valence-electron chi connectivity index (χ0n) is 10.1. The molecule has 1 unspecified atom stereocenters. The number of piperidine rings is 1. The molecule has 1 aliphatic heterocycles. The maximum atomic E-state index is 11.9. The second kappa shape index (κ2) is 7.77. The van der Waals surface area contributed by atoms with E-state index in [2.05, 4.69) is 26.6 Å². The Morgan fingerprint density at radius 2 is 2.22 bits per heavy atom. The van der Waals surface area contributed by atoms with Crippen molar-refractivity contribution in [2.24, 2.45) is 0 Å². The molecule has 1 fully saturated rings. The summed E-state index contributed by atoms with van der Waals surface area (Å²) in [6, 6.07) is 8.14. The number of carbonyl (C=O) groups is 1. The SMILES string of the molecule is Cl.O=C(Cc1ccccc1Br)NC1CCCNC1. The molecule has 0 spiro atoms. The normalized spacial score (nSPS) is 18.8. The molecule has 18 heavy (non-hydrogen) atoms. The first kappa shape index (κ1) is 15.5. The van der Waals surface area contributed by atoms with Crippen molar-refractivity contribution in [2.45, 2.75) is 25.3 Å². The average Bonchev–Trinajstić information content (AvgIpc) is 2.33. The van der Waals surface area contributed by atoms with E-state index in [9.17, 15) is 4.79 Å². The summed E-state index contributed by atoms with van der Waals surface area (Å²) in [5.41, 5.74) is 1.04. The van der Waals surface area contributed by atoms with E-state index in [1.165, 1.54) is 0 Å². The van der Waals surface area contributed by atoms with E-state index in [0.717, 1.165) is 36.0 Å². The molecule has 0 saturated carbocycles. The summed E-state index contributed by atoms with van der Waals surface area (Å²) in [6.45, 7) is 1.96. The van der Waals surface area contributed by atoms with Crippen molar-refractivity contribution in [1.29, 1.82) is 0 Å². The minimum Gasteiger partial charge on any atom is -0.352 e. The summed E-state index contributed by atoms with van der Waals surface area (Å²) in [5, 5.41) is 6.36. The first-order chi connectivity index (χ1) is 8.25. The lowest BCUT2D eigenvalue weighted by molar-refractivity contribution is -0.121. The summed E-state index contributed by atoms with van der Waals surface area (Å²) in [6.07, 6.45) is 2.66. The van der Waals surface area contributed by atoms with Crippen LogP contribution in [0.2, 0.25) is 0 Å². The molecule has 2 N–H and O–H groups in total. The molecule has 0 radical (unpaired) electrons. The standard InChI is InChI=1S/C13H17BrN2O.ClH/c14-12-6-2-1-4-10(12)8-13(17)16-11-5-3-7-15-9-11;/h1-2,4,6,11,15H,3,5,7-9H2,(H,16,17);1H. The molecule has 1 saturated heterocycles. The quantitative estimate of drug-likeness (QED) is 0.891. The van der Waals surface area contributed by atoms with Gasteiger partial charge in [-0.05, 0) is 31.0 Å². The predicted molar refractivity (Wildman–Crippen MR) is 79.1 cm³/mol. The number of hydrogen-bond acceptors (Lipinski definition) is 2. The van der Waals surface area contributed by atoms with Gasteiger partial charge in [-0.25, -0.2) is 0 Å². The number of amides is 1. The van der Waals surface area contributed by atoms with E-state index in [0.29, 0.717) is 12.5 Å². The highest BCUT2D eigenvalue weighted by Crippen LogP contribution is 2.16. The van der Waals surface area contributed by atoms with Gasteiger partial charge in [0.1, 0.15) is 0 Å². The third kappa shape index (κ3) is 4.59. The molecule has 3 nitrogen and oxygen atoms in total. The van der Waals surface area contributed by atoms with Crippen molar-refractivity contribution in [1.82, 2.24) is 10.6 Å². The topological polar surface area (TPSA) is 41.1 Å². The van der Waals surface area contributed by atoms with E-state index >= 15 is 0 Å². The van der Waals surface area contributed by atoms with Crippen LogP contribution < -0.4 is 10.6 Å². The molecule has 0 aromatic heterocycles. The molecule has 0 aliphatic carbocycles. The smallest absolute Gasteiger partial charge is 0.224 e. The largest absolute Gasteiger partial charge is 0.352 e. The zero-order chi connectivity index (χ0) is 12.1. The fourth-order valence-corrected chi connectivity index (χ4v) is 2.49. The van der Waals surface area contributed by atoms with Gasteiger partial charge in [-0.2, -0.15) is 0 Å². The number of halogens is 2. The van der Waals surface area contributed by atoms with Crippen LogP contribution in [0.25, 0.3) is 0 Å². The first-order valence-electron chi connectivity index (χ1n) is 5.99. The molecular weight excluding hydrogens is 316 g/mol. The lowest BCUT2D eigenvalue weighted by atomic mass is 10.1. The van der Waals surface area contributed by atoms with Crippen LogP contribution in [0.3, 0.4) is 0 Å². The fourth-order valence-electron chi connectivity index (χ4n) is 2.07. The van der Waals surface area contributed by atoms with E-state index in [-0.39, 0.29) is 18.3 Å². The highest BCUT2D eigenvalue weighted by molar-refractivity contribution is 9.10. The van der Waals surface area contributed by atoms with Crippen molar-refractivity contribution in [3.8, 4) is 0 Å². The number of benzene rings is 1. The zero-order valence-corrected chi connectivity index (χ0v) is 12.5. The molecule has 1 atom stereocenters. The monoisotopic (exact) mass is 332 g/mol. The van der Waals surface area contributed by atoms with Crippen molar-refractivity contribution < 1.29 is 4.79 Å². The van der Waals surface area contributed by atoms with Gasteiger partial charge in [-0.15, -0.1) is 12.4 Å². The Bertz CT molecular complexity index is 394. The minimum atomic E-state index is 0. The van der Waals surface area contributed by atoms with Crippen LogP contribution in [0.4, 0.5) is 0 Å². The number of hydrogen-bond donors (Lipinski definition) is 2. The Morgan fingerprint density at radius 1 is 1.44 bits per heavy atom. The third-order valence-electron chi connectivity index (χ3n) is 2.97. The predicted octanol–water partition coefficient (Wildman–Crippen LogP) is 2.28. The molecular formula is C13H18BrClN2O. The van der Waals surface area contributed by atoms with Gasteiger partial charge in [0.25, 0.3) is 0 Å². The van der Waals surface area contributed by atoms with Crippen LogP contribution in [-0.2, 0) is 11.2 Å². The molecule has 100 valence electrons. The van der Waals surface area contributed by atoms with Gasteiger partial charge in [0.2, 0.25) is 5.91 Å². The molecule has 1 aliphatic rings. The molecule has 1 aromatic carbocycles. The van der Waals surface area contributed by atoms with Gasteiger partial charge < -0.3 is 10.6 Å². The summed E-state index contributed by atoms with van der Waals surface area (Å²) < 4.78 is 0.997. The Morgan fingerprint density at radius 3 is 2.89 bits per heavy atom. The van der Waals surface area contributed by atoms with Crippen molar-refractivity contribution in [3.63, 3.8) is 0 Å². The van der Waals surface area contributed by atoms with Gasteiger partial charge in [0.05, 0.1) is 6.42 Å². The highest BCUT2D eigenvalue weighted by Gasteiger charge is 2.15. The highest BCUT2D eigenvalue weighted by atomic mass is 79.9. The van der Waals surface area contributed by atoms with E-state index < -0.39 is 0 Å². The second-order valence-electron chi connectivity index (χ2n) is 4.38. The Hall–Kier alpha value is -0.580. The van der Waals surface area contributed by atoms with Gasteiger partial charge >= 0.3 is 0 Å². The van der Waals surface area contributed by atoms with E-state index in [1.807, 2.05) is 24.3 Å². The molecule has 2 rings (SSSR count). The first-order valence-corrected chi connectivity index (χ1v) is 6.78. The van der Waals surface area contributed by atoms with Crippen molar-refractivity contribution in [2.75, 3.05) is 13.1 Å². The Labute approximate surface area is 122 Å². The summed E-state index contributed by atoms with van der Waals surface area (Å²) in [4.78, 5) is 11.9. The van der Waals surface area contributed by atoms with Crippen LogP contribution in [-0.4, -0.2) is 25.0 Å². The van der Waals surface area contributed by atoms with Crippen LogP contribution >= 0.6 is 28.3 Å². The lowest BCUT2D eigenvalue weighted by Gasteiger charge is -2.23. The third-order valence-corrected chi connectivity index (χ3v) is 3.74. The Kier molecular flexibility index (Phi) is 6.68. The minimum absolute atomic E-state index is 0. The summed E-state index contributed by atoms with van der Waals surface area (Å²) in [7, 11) is 0. The lowest BCUT2D eigenvalue weighted by Crippen LogP contribution is -2.46. The van der Waals surface area contributed by atoms with Crippen molar-refractivity contribution in [3.05, 3.63) is 34.3 Å². The van der Waals surface area contributed by atoms with Crippen LogP contribution in [0.5, 0.6) is 0 Å². The summed E-state index contributed by atoms with van der Waals surface area (Å²) in [5.74, 6) is 0.102. The molecule has 1 aromatic rings. The fraction of sp³-hybridized carbons (Fsp3) is 0.462.